The van der Waals surface area contributed by atoms with E-state index in [0.29, 0.717) is 19.5 Å². The quantitative estimate of drug-likeness (QED) is 0.641. The monoisotopic (exact) mass is 486 g/mol. The van der Waals surface area contributed by atoms with Crippen LogP contribution < -0.4 is 10.1 Å². The number of ether oxygens (including phenoxy) is 3. The van der Waals surface area contributed by atoms with Crippen LogP contribution in [0.2, 0.25) is 0 Å². The first-order chi connectivity index (χ1) is 16.3. The number of hydrogen-bond donors (Lipinski definition) is 1. The van der Waals surface area contributed by atoms with Crippen LogP contribution in [0.4, 0.5) is 4.79 Å². The summed E-state index contributed by atoms with van der Waals surface area (Å²) >= 11 is 0. The zero-order valence-electron chi connectivity index (χ0n) is 22.3. The molecule has 0 bridgehead atoms. The summed E-state index contributed by atoms with van der Waals surface area (Å²) in [6.07, 6.45) is 1.89. The second-order valence-electron chi connectivity index (χ2n) is 12.3. The Morgan fingerprint density at radius 2 is 1.94 bits per heavy atom. The number of rotatable bonds is 4. The molecule has 2 amide bonds. The molecule has 1 N–H and O–H groups in total. The Balaban J connectivity index is 1.46. The Morgan fingerprint density at radius 1 is 1.23 bits per heavy atom. The smallest absolute Gasteiger partial charge is 0.408 e. The van der Waals surface area contributed by atoms with Gasteiger partial charge in [-0.15, -0.1) is 0 Å². The highest BCUT2D eigenvalue weighted by molar-refractivity contribution is 5.85. The molecule has 1 aromatic rings. The molecule has 2 saturated heterocycles. The van der Waals surface area contributed by atoms with Gasteiger partial charge in [0.2, 0.25) is 5.91 Å². The minimum absolute atomic E-state index is 0.0148. The molecule has 0 unspecified atom stereocenters. The molecule has 194 valence electrons. The fourth-order valence-corrected chi connectivity index (χ4v) is 5.82. The van der Waals surface area contributed by atoms with E-state index in [-0.39, 0.29) is 41.5 Å². The molecule has 7 nitrogen and oxygen atoms in total. The summed E-state index contributed by atoms with van der Waals surface area (Å²) in [7, 11) is 0. The van der Waals surface area contributed by atoms with Crippen LogP contribution in [0.15, 0.2) is 24.3 Å². The van der Waals surface area contributed by atoms with Crippen LogP contribution >= 0.6 is 0 Å². The molecule has 7 heteroatoms. The predicted octanol–water partition coefficient (Wildman–Crippen LogP) is 5.09. The fraction of sp³-hybridized carbons (Fsp3) is 0.714. The summed E-state index contributed by atoms with van der Waals surface area (Å²) in [5.74, 6) is 1.59. The van der Waals surface area contributed by atoms with Crippen LogP contribution in [0.5, 0.6) is 5.75 Å². The summed E-state index contributed by atoms with van der Waals surface area (Å²) in [5.41, 5.74) is 0.166. The molecule has 3 heterocycles. The molecule has 0 radical (unpaired) electrons. The van der Waals surface area contributed by atoms with Gasteiger partial charge in [-0.2, -0.15) is 0 Å². The summed E-state index contributed by atoms with van der Waals surface area (Å²) < 4.78 is 18.5. The van der Waals surface area contributed by atoms with Gasteiger partial charge in [0.25, 0.3) is 0 Å². The number of para-hydroxylation sites is 1. The van der Waals surface area contributed by atoms with Crippen molar-refractivity contribution >= 4 is 12.0 Å². The minimum atomic E-state index is -0.614. The molecule has 5 atom stereocenters. The number of amides is 2. The third-order valence-electron chi connectivity index (χ3n) is 7.41. The standard InChI is InChI=1S/C28H42N2O5/c1-17(2)14-21(29-26(32)35-27(3,4)5)25(31)30-13-12-22-18(16-30)15-20-24(33-22)19-10-8-9-11-23(19)34-28(20,6)7/h8-11,17-18,20-22,24H,12-16H2,1-7H3,(H,29,32)/t18-,20+,21-,22+,24-/m0/s1. The number of nitrogens with zero attached hydrogens (tertiary/aromatic N) is 1. The fourth-order valence-electron chi connectivity index (χ4n) is 5.82. The third-order valence-corrected chi connectivity index (χ3v) is 7.41. The van der Waals surface area contributed by atoms with E-state index >= 15 is 0 Å². The second-order valence-corrected chi connectivity index (χ2v) is 12.3. The molecule has 0 aromatic heterocycles. The van der Waals surface area contributed by atoms with Crippen molar-refractivity contribution in [3.8, 4) is 5.75 Å². The lowest BCUT2D eigenvalue weighted by Crippen LogP contribution is -2.58. The van der Waals surface area contributed by atoms with Crippen molar-refractivity contribution in [1.82, 2.24) is 10.2 Å². The molecule has 0 aliphatic carbocycles. The van der Waals surface area contributed by atoms with Gasteiger partial charge in [0.05, 0.1) is 12.2 Å². The Labute approximate surface area is 209 Å². The van der Waals surface area contributed by atoms with Crippen molar-refractivity contribution in [3.63, 3.8) is 0 Å². The lowest BCUT2D eigenvalue weighted by molar-refractivity contribution is -0.189. The van der Waals surface area contributed by atoms with Gasteiger partial charge in [-0.1, -0.05) is 32.0 Å². The number of benzene rings is 1. The van der Waals surface area contributed by atoms with E-state index in [4.69, 9.17) is 14.2 Å². The summed E-state index contributed by atoms with van der Waals surface area (Å²) in [5, 5.41) is 2.84. The van der Waals surface area contributed by atoms with Crippen molar-refractivity contribution in [2.75, 3.05) is 13.1 Å². The highest BCUT2D eigenvalue weighted by Crippen LogP contribution is 2.52. The topological polar surface area (TPSA) is 77.1 Å². The van der Waals surface area contributed by atoms with Gasteiger partial charge in [-0.3, -0.25) is 4.79 Å². The first-order valence-corrected chi connectivity index (χ1v) is 13.1. The molecule has 4 rings (SSSR count). The van der Waals surface area contributed by atoms with E-state index < -0.39 is 17.7 Å². The number of carbonyl (C=O) groups excluding carboxylic acids is 2. The van der Waals surface area contributed by atoms with Crippen LogP contribution in [-0.4, -0.2) is 53.3 Å². The van der Waals surface area contributed by atoms with E-state index in [1.54, 1.807) is 0 Å². The van der Waals surface area contributed by atoms with Crippen LogP contribution in [0, 0.1) is 17.8 Å². The second kappa shape index (κ2) is 9.64. The molecule has 3 aliphatic heterocycles. The van der Waals surface area contributed by atoms with Gasteiger partial charge in [-0.25, -0.2) is 4.79 Å². The first-order valence-electron chi connectivity index (χ1n) is 13.1. The molecule has 35 heavy (non-hydrogen) atoms. The molecule has 0 spiro atoms. The highest BCUT2D eigenvalue weighted by Gasteiger charge is 2.51. The number of hydrogen-bond acceptors (Lipinski definition) is 5. The van der Waals surface area contributed by atoms with E-state index in [0.717, 1.165) is 24.2 Å². The number of piperidine rings is 1. The Morgan fingerprint density at radius 3 is 2.63 bits per heavy atom. The average molecular weight is 487 g/mol. The molecule has 0 saturated carbocycles. The number of nitrogens with one attached hydrogen (secondary N) is 1. The maximum absolute atomic E-state index is 13.6. The molecular formula is C28H42N2O5. The van der Waals surface area contributed by atoms with Gasteiger partial charge < -0.3 is 24.4 Å². The molecule has 1 aromatic carbocycles. The maximum atomic E-state index is 13.6. The Kier molecular flexibility index (Phi) is 7.11. The van der Waals surface area contributed by atoms with Crippen LogP contribution in [0.3, 0.4) is 0 Å². The predicted molar refractivity (Wildman–Crippen MR) is 134 cm³/mol. The minimum Gasteiger partial charge on any atom is -0.487 e. The van der Waals surface area contributed by atoms with E-state index in [1.807, 2.05) is 43.9 Å². The first kappa shape index (κ1) is 25.8. The van der Waals surface area contributed by atoms with Crippen molar-refractivity contribution in [2.45, 2.75) is 97.2 Å². The molecule has 2 fully saturated rings. The van der Waals surface area contributed by atoms with Gasteiger partial charge in [0.1, 0.15) is 23.0 Å². The number of carbonyl (C=O) groups is 2. The van der Waals surface area contributed by atoms with Crippen molar-refractivity contribution < 1.29 is 23.8 Å². The molecular weight excluding hydrogens is 444 g/mol. The number of alkyl carbamates (subject to hydrolysis) is 1. The van der Waals surface area contributed by atoms with Crippen molar-refractivity contribution in [3.05, 3.63) is 29.8 Å². The lowest BCUT2D eigenvalue weighted by atomic mass is 9.70. The Hall–Kier alpha value is -2.28. The summed E-state index contributed by atoms with van der Waals surface area (Å²) in [6, 6.07) is 7.58. The van der Waals surface area contributed by atoms with Gasteiger partial charge in [-0.05, 0) is 65.9 Å². The van der Waals surface area contributed by atoms with Crippen LogP contribution in [0.1, 0.15) is 79.4 Å². The van der Waals surface area contributed by atoms with E-state index in [1.165, 1.54) is 0 Å². The van der Waals surface area contributed by atoms with Crippen molar-refractivity contribution in [1.29, 1.82) is 0 Å². The largest absolute Gasteiger partial charge is 0.487 e. The maximum Gasteiger partial charge on any atom is 0.408 e. The Bertz CT molecular complexity index is 938. The van der Waals surface area contributed by atoms with E-state index in [2.05, 4.69) is 39.1 Å². The number of fused-ring (bicyclic) bond motifs is 4. The average Bonchev–Trinajstić information content (AvgIpc) is 2.75. The third kappa shape index (κ3) is 5.76. The SMILES string of the molecule is CC(C)C[C@H](NC(=O)OC(C)(C)C)C(=O)N1CC[C@H]2O[C@H]3c4ccccc4OC(C)(C)[C@@H]3C[C@H]2C1. The van der Waals surface area contributed by atoms with Crippen LogP contribution in [0.25, 0.3) is 0 Å². The zero-order chi connectivity index (χ0) is 25.5. The van der Waals surface area contributed by atoms with Gasteiger partial charge in [0.15, 0.2) is 0 Å². The van der Waals surface area contributed by atoms with Crippen molar-refractivity contribution in [2.24, 2.45) is 17.8 Å². The van der Waals surface area contributed by atoms with Crippen LogP contribution in [-0.2, 0) is 14.3 Å². The summed E-state index contributed by atoms with van der Waals surface area (Å²) in [4.78, 5) is 27.9. The normalized spacial score (nSPS) is 28.2. The highest BCUT2D eigenvalue weighted by atomic mass is 16.6. The lowest BCUT2D eigenvalue weighted by Gasteiger charge is -2.53. The molecule has 3 aliphatic rings. The summed E-state index contributed by atoms with van der Waals surface area (Å²) in [6.45, 7) is 15.1. The van der Waals surface area contributed by atoms with Gasteiger partial charge >= 0.3 is 6.09 Å². The number of likely N-dealkylation sites (tertiary alicyclic amines) is 1. The van der Waals surface area contributed by atoms with Gasteiger partial charge in [0, 0.05) is 30.5 Å². The van der Waals surface area contributed by atoms with E-state index in [9.17, 15) is 9.59 Å². The zero-order valence-corrected chi connectivity index (χ0v) is 22.3.